The molecule has 15 heavy (non-hydrogen) atoms. The summed E-state index contributed by atoms with van der Waals surface area (Å²) < 4.78 is 0. The fraction of sp³-hybridized carbons (Fsp3) is 0.636. The van der Waals surface area contributed by atoms with Crippen molar-refractivity contribution in [3.8, 4) is 6.07 Å². The van der Waals surface area contributed by atoms with Crippen molar-refractivity contribution in [2.75, 3.05) is 0 Å². The van der Waals surface area contributed by atoms with Gasteiger partial charge < -0.3 is 5.32 Å². The van der Waals surface area contributed by atoms with E-state index in [9.17, 15) is 0 Å². The van der Waals surface area contributed by atoms with Crippen LogP contribution in [0.5, 0.6) is 0 Å². The summed E-state index contributed by atoms with van der Waals surface area (Å²) in [5.41, 5.74) is 2.94. The van der Waals surface area contributed by atoms with E-state index >= 15 is 0 Å². The number of hydrogen-bond donors (Lipinski definition) is 1. The van der Waals surface area contributed by atoms with Crippen LogP contribution in [0.15, 0.2) is 10.9 Å². The molecule has 3 atom stereocenters. The highest BCUT2D eigenvalue weighted by Crippen LogP contribution is 2.27. The van der Waals surface area contributed by atoms with Gasteiger partial charge in [0.15, 0.2) is 0 Å². The first-order valence-corrected chi connectivity index (χ1v) is 6.29. The van der Waals surface area contributed by atoms with E-state index in [1.54, 1.807) is 11.3 Å². The number of nitrogens with zero attached hydrogens (tertiary/aromatic N) is 2. The van der Waals surface area contributed by atoms with Crippen LogP contribution in [0.2, 0.25) is 0 Å². The third-order valence-electron chi connectivity index (χ3n) is 3.04. The van der Waals surface area contributed by atoms with Gasteiger partial charge in [-0.3, -0.25) is 0 Å². The van der Waals surface area contributed by atoms with Gasteiger partial charge in [-0.1, -0.05) is 6.42 Å². The summed E-state index contributed by atoms with van der Waals surface area (Å²) in [5.74, 6) is 0.186. The summed E-state index contributed by atoms with van der Waals surface area (Å²) in [5, 5.41) is 14.5. The lowest BCUT2D eigenvalue weighted by molar-refractivity contribution is 0.414. The van der Waals surface area contributed by atoms with Crippen molar-refractivity contribution in [3.05, 3.63) is 16.6 Å². The molecule has 0 spiro atoms. The van der Waals surface area contributed by atoms with E-state index in [1.807, 2.05) is 5.51 Å². The quantitative estimate of drug-likeness (QED) is 0.853. The fourth-order valence-electron chi connectivity index (χ4n) is 2.16. The van der Waals surface area contributed by atoms with Crippen molar-refractivity contribution in [2.45, 2.75) is 38.3 Å². The molecule has 1 aromatic rings. The monoisotopic (exact) mass is 221 g/mol. The number of nitrogens with one attached hydrogen (secondary N) is 1. The zero-order valence-corrected chi connectivity index (χ0v) is 9.63. The van der Waals surface area contributed by atoms with E-state index in [2.05, 4.69) is 28.7 Å². The normalized spacial score (nSPS) is 27.5. The Bertz CT molecular complexity index is 341. The van der Waals surface area contributed by atoms with Crippen molar-refractivity contribution in [2.24, 2.45) is 5.92 Å². The van der Waals surface area contributed by atoms with Gasteiger partial charge in [0, 0.05) is 17.5 Å². The molecule has 0 saturated heterocycles. The van der Waals surface area contributed by atoms with E-state index in [0.29, 0.717) is 6.04 Å². The van der Waals surface area contributed by atoms with Crippen LogP contribution >= 0.6 is 11.3 Å². The van der Waals surface area contributed by atoms with Crippen LogP contribution in [-0.2, 0) is 0 Å². The Hall–Kier alpha value is -0.920. The summed E-state index contributed by atoms with van der Waals surface area (Å²) in [4.78, 5) is 4.28. The van der Waals surface area contributed by atoms with Crippen LogP contribution in [-0.4, -0.2) is 11.0 Å². The van der Waals surface area contributed by atoms with Gasteiger partial charge in [0.25, 0.3) is 0 Å². The summed E-state index contributed by atoms with van der Waals surface area (Å²) in [6, 6.07) is 3.00. The van der Waals surface area contributed by atoms with Crippen LogP contribution in [0.25, 0.3) is 0 Å². The van der Waals surface area contributed by atoms with Gasteiger partial charge in [-0.25, -0.2) is 4.98 Å². The lowest BCUT2D eigenvalue weighted by Gasteiger charge is -2.20. The van der Waals surface area contributed by atoms with Crippen molar-refractivity contribution >= 4 is 11.3 Å². The molecule has 0 radical (unpaired) electrons. The highest BCUT2D eigenvalue weighted by Gasteiger charge is 2.28. The number of nitriles is 1. The van der Waals surface area contributed by atoms with Crippen molar-refractivity contribution in [3.63, 3.8) is 0 Å². The lowest BCUT2D eigenvalue weighted by atomic mass is 10.0. The first-order chi connectivity index (χ1) is 7.31. The Morgan fingerprint density at radius 3 is 3.20 bits per heavy atom. The largest absolute Gasteiger partial charge is 0.305 e. The molecular weight excluding hydrogens is 206 g/mol. The van der Waals surface area contributed by atoms with Gasteiger partial charge >= 0.3 is 0 Å². The minimum Gasteiger partial charge on any atom is -0.305 e. The molecule has 0 amide bonds. The van der Waals surface area contributed by atoms with Crippen LogP contribution < -0.4 is 5.32 Å². The van der Waals surface area contributed by atoms with E-state index in [1.165, 1.54) is 6.42 Å². The summed E-state index contributed by atoms with van der Waals surface area (Å²) >= 11 is 1.62. The molecule has 1 heterocycles. The summed E-state index contributed by atoms with van der Waals surface area (Å²) in [6.45, 7) is 2.11. The zero-order chi connectivity index (χ0) is 10.7. The smallest absolute Gasteiger partial charge is 0.0795 e. The molecule has 0 bridgehead atoms. The lowest BCUT2D eigenvalue weighted by Crippen LogP contribution is -2.34. The SMILES string of the molecule is CC(NC1CCCC1C#N)c1cscn1. The van der Waals surface area contributed by atoms with Crippen LogP contribution in [0.1, 0.15) is 37.9 Å². The Morgan fingerprint density at radius 2 is 2.53 bits per heavy atom. The van der Waals surface area contributed by atoms with E-state index in [4.69, 9.17) is 5.26 Å². The van der Waals surface area contributed by atoms with Gasteiger partial charge in [0.1, 0.15) is 0 Å². The third kappa shape index (κ3) is 2.36. The van der Waals surface area contributed by atoms with Gasteiger partial charge in [0.2, 0.25) is 0 Å². The van der Waals surface area contributed by atoms with Crippen LogP contribution in [0.4, 0.5) is 0 Å². The molecule has 2 rings (SSSR count). The second kappa shape index (κ2) is 4.73. The zero-order valence-electron chi connectivity index (χ0n) is 8.81. The highest BCUT2D eigenvalue weighted by atomic mass is 32.1. The van der Waals surface area contributed by atoms with Crippen LogP contribution in [0.3, 0.4) is 0 Å². The van der Waals surface area contributed by atoms with Crippen molar-refractivity contribution in [1.82, 2.24) is 10.3 Å². The number of rotatable bonds is 3. The maximum absolute atomic E-state index is 8.98. The molecule has 0 aliphatic heterocycles. The molecule has 3 unspecified atom stereocenters. The molecule has 1 fully saturated rings. The minimum absolute atomic E-state index is 0.186. The minimum atomic E-state index is 0.186. The highest BCUT2D eigenvalue weighted by molar-refractivity contribution is 7.07. The van der Waals surface area contributed by atoms with E-state index in [0.717, 1.165) is 18.5 Å². The Balaban J connectivity index is 1.94. The summed E-state index contributed by atoms with van der Waals surface area (Å²) in [6.07, 6.45) is 3.32. The first kappa shape index (κ1) is 10.6. The number of thiazole rings is 1. The van der Waals surface area contributed by atoms with Crippen molar-refractivity contribution in [1.29, 1.82) is 5.26 Å². The Kier molecular flexibility index (Phi) is 3.34. The molecule has 0 aromatic carbocycles. The topological polar surface area (TPSA) is 48.7 Å². The van der Waals surface area contributed by atoms with Gasteiger partial charge in [-0.05, 0) is 19.8 Å². The fourth-order valence-corrected chi connectivity index (χ4v) is 2.80. The molecule has 1 N–H and O–H groups in total. The van der Waals surface area contributed by atoms with Crippen molar-refractivity contribution < 1.29 is 0 Å². The molecule has 1 saturated carbocycles. The first-order valence-electron chi connectivity index (χ1n) is 5.35. The molecule has 4 heteroatoms. The molecule has 1 aliphatic carbocycles. The Labute approximate surface area is 94.1 Å². The van der Waals surface area contributed by atoms with Gasteiger partial charge in [-0.15, -0.1) is 11.3 Å². The Morgan fingerprint density at radius 1 is 1.67 bits per heavy atom. The van der Waals surface area contributed by atoms with Gasteiger partial charge in [0.05, 0.1) is 23.2 Å². The molecule has 1 aromatic heterocycles. The second-order valence-electron chi connectivity index (χ2n) is 4.07. The number of aromatic nitrogens is 1. The third-order valence-corrected chi connectivity index (χ3v) is 3.65. The standard InChI is InChI=1S/C11H15N3S/c1-8(11-6-15-7-13-11)14-10-4-2-3-9(10)5-12/h6-10,14H,2-4H2,1H3. The molecule has 1 aliphatic rings. The van der Waals surface area contributed by atoms with E-state index < -0.39 is 0 Å². The average molecular weight is 221 g/mol. The van der Waals surface area contributed by atoms with Crippen LogP contribution in [0, 0.1) is 17.2 Å². The molecular formula is C11H15N3S. The second-order valence-corrected chi connectivity index (χ2v) is 4.79. The predicted molar refractivity (Wildman–Crippen MR) is 60.4 cm³/mol. The predicted octanol–water partition coefficient (Wildman–Crippen LogP) is 2.49. The average Bonchev–Trinajstić information content (AvgIpc) is 2.87. The van der Waals surface area contributed by atoms with E-state index in [-0.39, 0.29) is 12.0 Å². The molecule has 3 nitrogen and oxygen atoms in total. The number of hydrogen-bond acceptors (Lipinski definition) is 4. The van der Waals surface area contributed by atoms with Gasteiger partial charge in [-0.2, -0.15) is 5.26 Å². The maximum Gasteiger partial charge on any atom is 0.0795 e. The molecule has 80 valence electrons. The maximum atomic E-state index is 8.98. The summed E-state index contributed by atoms with van der Waals surface area (Å²) in [7, 11) is 0.